The van der Waals surface area contributed by atoms with Gasteiger partial charge in [0.25, 0.3) is 0 Å². The van der Waals surface area contributed by atoms with Gasteiger partial charge in [0.05, 0.1) is 0 Å². The molecule has 1 rings (SSSR count). The first kappa shape index (κ1) is 16.9. The van der Waals surface area contributed by atoms with Crippen LogP contribution in [-0.2, 0) is 0 Å². The first-order chi connectivity index (χ1) is 7.69. The normalized spacial score (nSPS) is 7.81. The molecule has 0 unspecified atom stereocenters. The standard InChI is InChI=1S/C11H12O.2C2H6/c1-4-9-6-8(3)11(12)7-10(9)5-2;2*1-2/h4-7,12H,1-2H2,3H3;2*1-2H3. The molecule has 16 heavy (non-hydrogen) atoms. The average Bonchev–Trinajstić information content (AvgIpc) is 2.37. The summed E-state index contributed by atoms with van der Waals surface area (Å²) in [5.41, 5.74) is 2.77. The van der Waals surface area contributed by atoms with Crippen LogP contribution in [0.3, 0.4) is 0 Å². The van der Waals surface area contributed by atoms with E-state index in [0.717, 1.165) is 16.7 Å². The monoisotopic (exact) mass is 220 g/mol. The molecule has 0 fully saturated rings. The van der Waals surface area contributed by atoms with E-state index in [1.165, 1.54) is 0 Å². The van der Waals surface area contributed by atoms with E-state index in [4.69, 9.17) is 0 Å². The minimum atomic E-state index is 0.301. The number of phenolic OH excluding ortho intramolecular Hbond substituents is 1. The van der Waals surface area contributed by atoms with Gasteiger partial charge in [-0.2, -0.15) is 0 Å². The zero-order valence-corrected chi connectivity index (χ0v) is 11.2. The Morgan fingerprint density at radius 1 is 0.938 bits per heavy atom. The lowest BCUT2D eigenvalue weighted by molar-refractivity contribution is 0.471. The zero-order chi connectivity index (χ0) is 13.1. The van der Waals surface area contributed by atoms with Crippen molar-refractivity contribution < 1.29 is 5.11 Å². The molecular formula is C15H24O. The van der Waals surface area contributed by atoms with E-state index in [0.29, 0.717) is 5.75 Å². The van der Waals surface area contributed by atoms with E-state index in [1.807, 2.05) is 40.7 Å². The van der Waals surface area contributed by atoms with Gasteiger partial charge in [-0.3, -0.25) is 0 Å². The Bertz CT molecular complexity index is 291. The van der Waals surface area contributed by atoms with Crippen LogP contribution in [0.15, 0.2) is 25.3 Å². The molecule has 0 amide bonds. The van der Waals surface area contributed by atoms with E-state index < -0.39 is 0 Å². The molecule has 0 aliphatic rings. The maximum absolute atomic E-state index is 9.37. The van der Waals surface area contributed by atoms with Gasteiger partial charge in [-0.1, -0.05) is 53.0 Å². The number of aromatic hydroxyl groups is 1. The second-order valence-corrected chi connectivity index (χ2v) is 2.68. The summed E-state index contributed by atoms with van der Waals surface area (Å²) in [5, 5.41) is 9.37. The smallest absolute Gasteiger partial charge is 0.119 e. The zero-order valence-electron chi connectivity index (χ0n) is 11.2. The first-order valence-corrected chi connectivity index (χ1v) is 5.77. The highest BCUT2D eigenvalue weighted by Crippen LogP contribution is 2.23. The lowest BCUT2D eigenvalue weighted by Gasteiger charge is -2.04. The Hall–Kier alpha value is -1.50. The van der Waals surface area contributed by atoms with E-state index in [1.54, 1.807) is 18.2 Å². The van der Waals surface area contributed by atoms with E-state index in [2.05, 4.69) is 13.2 Å². The van der Waals surface area contributed by atoms with E-state index in [9.17, 15) is 5.11 Å². The van der Waals surface area contributed by atoms with Gasteiger partial charge >= 0.3 is 0 Å². The number of phenols is 1. The van der Waals surface area contributed by atoms with Gasteiger partial charge in [0.2, 0.25) is 0 Å². The molecule has 1 aromatic rings. The summed E-state index contributed by atoms with van der Waals surface area (Å²) in [6.45, 7) is 17.2. The summed E-state index contributed by atoms with van der Waals surface area (Å²) in [5.74, 6) is 0.301. The average molecular weight is 220 g/mol. The minimum absolute atomic E-state index is 0.301. The fourth-order valence-corrected chi connectivity index (χ4v) is 1.09. The largest absolute Gasteiger partial charge is 0.508 e. The Kier molecular flexibility index (Phi) is 10.6. The molecule has 0 saturated heterocycles. The Labute approximate surface area is 100 Å². The van der Waals surface area contributed by atoms with Crippen molar-refractivity contribution in [1.29, 1.82) is 0 Å². The molecule has 0 saturated carbocycles. The summed E-state index contributed by atoms with van der Waals surface area (Å²) in [6, 6.07) is 3.58. The van der Waals surface area contributed by atoms with Crippen molar-refractivity contribution in [3.63, 3.8) is 0 Å². The molecule has 0 spiro atoms. The second kappa shape index (κ2) is 10.0. The molecule has 0 heterocycles. The highest BCUT2D eigenvalue weighted by molar-refractivity contribution is 5.66. The highest BCUT2D eigenvalue weighted by atomic mass is 16.3. The van der Waals surface area contributed by atoms with E-state index in [-0.39, 0.29) is 0 Å². The topological polar surface area (TPSA) is 20.2 Å². The summed E-state index contributed by atoms with van der Waals surface area (Å²) >= 11 is 0. The van der Waals surface area contributed by atoms with Crippen molar-refractivity contribution in [2.24, 2.45) is 0 Å². The third-order valence-corrected chi connectivity index (χ3v) is 1.84. The molecule has 0 aliphatic carbocycles. The van der Waals surface area contributed by atoms with Crippen molar-refractivity contribution in [2.75, 3.05) is 0 Å². The van der Waals surface area contributed by atoms with Crippen molar-refractivity contribution in [1.82, 2.24) is 0 Å². The third-order valence-electron chi connectivity index (χ3n) is 1.84. The lowest BCUT2D eigenvalue weighted by Crippen LogP contribution is -1.83. The van der Waals surface area contributed by atoms with Crippen molar-refractivity contribution in [2.45, 2.75) is 34.6 Å². The minimum Gasteiger partial charge on any atom is -0.508 e. The van der Waals surface area contributed by atoms with Gasteiger partial charge in [-0.25, -0.2) is 0 Å². The number of rotatable bonds is 2. The quantitative estimate of drug-likeness (QED) is 0.740. The summed E-state index contributed by atoms with van der Waals surface area (Å²) in [7, 11) is 0. The number of aryl methyl sites for hydroxylation is 1. The van der Waals surface area contributed by atoms with Gasteiger partial charge < -0.3 is 5.11 Å². The number of hydrogen-bond acceptors (Lipinski definition) is 1. The highest BCUT2D eigenvalue weighted by Gasteiger charge is 2.00. The van der Waals surface area contributed by atoms with Crippen LogP contribution in [0.25, 0.3) is 12.2 Å². The summed E-state index contributed by atoms with van der Waals surface area (Å²) < 4.78 is 0. The fraction of sp³-hybridized carbons (Fsp3) is 0.333. The third kappa shape index (κ3) is 4.83. The Balaban J connectivity index is 0. The summed E-state index contributed by atoms with van der Waals surface area (Å²) in [6.07, 6.45) is 3.46. The van der Waals surface area contributed by atoms with Crippen molar-refractivity contribution in [3.8, 4) is 5.75 Å². The molecule has 1 nitrogen and oxygen atoms in total. The molecule has 1 aromatic carbocycles. The Morgan fingerprint density at radius 3 is 1.69 bits per heavy atom. The molecule has 0 aliphatic heterocycles. The van der Waals surface area contributed by atoms with Crippen LogP contribution in [0.5, 0.6) is 5.75 Å². The molecule has 90 valence electrons. The van der Waals surface area contributed by atoms with Crippen LogP contribution in [0.4, 0.5) is 0 Å². The molecule has 0 radical (unpaired) electrons. The Morgan fingerprint density at radius 2 is 1.31 bits per heavy atom. The van der Waals surface area contributed by atoms with Crippen LogP contribution in [-0.4, -0.2) is 5.11 Å². The number of hydrogen-bond donors (Lipinski definition) is 1. The SMILES string of the molecule is C=Cc1cc(C)c(O)cc1C=C.CC.CC. The molecule has 1 heteroatoms. The molecule has 1 N–H and O–H groups in total. The fourth-order valence-electron chi connectivity index (χ4n) is 1.09. The first-order valence-electron chi connectivity index (χ1n) is 5.77. The predicted molar refractivity (Wildman–Crippen MR) is 75.7 cm³/mol. The van der Waals surface area contributed by atoms with Gasteiger partial charge in [0.1, 0.15) is 5.75 Å². The summed E-state index contributed by atoms with van der Waals surface area (Å²) in [4.78, 5) is 0. The lowest BCUT2D eigenvalue weighted by atomic mass is 10.0. The van der Waals surface area contributed by atoms with Gasteiger partial charge in [0, 0.05) is 0 Å². The van der Waals surface area contributed by atoms with Crippen LogP contribution in [0.2, 0.25) is 0 Å². The van der Waals surface area contributed by atoms with Gasteiger partial charge in [-0.15, -0.1) is 0 Å². The van der Waals surface area contributed by atoms with Crippen molar-refractivity contribution >= 4 is 12.2 Å². The number of benzene rings is 1. The van der Waals surface area contributed by atoms with Crippen LogP contribution in [0.1, 0.15) is 44.4 Å². The molecule has 0 aromatic heterocycles. The van der Waals surface area contributed by atoms with Crippen LogP contribution < -0.4 is 0 Å². The maximum Gasteiger partial charge on any atom is 0.119 e. The maximum atomic E-state index is 9.37. The molecule has 0 atom stereocenters. The molecular weight excluding hydrogens is 196 g/mol. The van der Waals surface area contributed by atoms with Crippen LogP contribution >= 0.6 is 0 Å². The van der Waals surface area contributed by atoms with E-state index >= 15 is 0 Å². The van der Waals surface area contributed by atoms with Crippen LogP contribution in [0, 0.1) is 6.92 Å². The molecule has 0 bridgehead atoms. The second-order valence-electron chi connectivity index (χ2n) is 2.68. The van der Waals surface area contributed by atoms with Gasteiger partial charge in [0.15, 0.2) is 0 Å². The van der Waals surface area contributed by atoms with Gasteiger partial charge in [-0.05, 0) is 35.7 Å². The predicted octanol–water partition coefficient (Wildman–Crippen LogP) is 5.04. The van der Waals surface area contributed by atoms with Crippen molar-refractivity contribution in [3.05, 3.63) is 42.0 Å².